The molecule has 1 aliphatic heterocycles. The van der Waals surface area contributed by atoms with Gasteiger partial charge in [0, 0.05) is 38.6 Å². The first-order valence-electron chi connectivity index (χ1n) is 10.6. The fourth-order valence-corrected chi connectivity index (χ4v) is 3.00. The van der Waals surface area contributed by atoms with E-state index in [0.717, 1.165) is 6.20 Å². The molecule has 1 N–H and O–H groups in total. The van der Waals surface area contributed by atoms with E-state index in [4.69, 9.17) is 0 Å². The summed E-state index contributed by atoms with van der Waals surface area (Å²) >= 11 is 0. The van der Waals surface area contributed by atoms with E-state index in [9.17, 15) is 18.8 Å². The molecule has 0 aromatic carbocycles. The summed E-state index contributed by atoms with van der Waals surface area (Å²) in [6.45, 7) is 6.41. The fraction of sp³-hybridized carbons (Fsp3) is 0.435. The summed E-state index contributed by atoms with van der Waals surface area (Å²) in [4.78, 5) is 47.4. The highest BCUT2D eigenvalue weighted by Crippen LogP contribution is 2.22. The summed E-state index contributed by atoms with van der Waals surface area (Å²) in [5, 5.41) is 2.74. The number of nitrogens with one attached hydrogen (secondary N) is 1. The van der Waals surface area contributed by atoms with Gasteiger partial charge in [0.2, 0.25) is 5.91 Å². The molecule has 32 heavy (non-hydrogen) atoms. The summed E-state index contributed by atoms with van der Waals surface area (Å²) in [5.41, 5.74) is 1.76. The predicted molar refractivity (Wildman–Crippen MR) is 122 cm³/mol. The van der Waals surface area contributed by atoms with Crippen molar-refractivity contribution in [2.24, 2.45) is 4.99 Å². The van der Waals surface area contributed by atoms with Crippen LogP contribution in [-0.4, -0.2) is 66.3 Å². The molecule has 0 fully saturated rings. The first kappa shape index (κ1) is 26.7. The Morgan fingerprint density at radius 2 is 2.03 bits per heavy atom. The molecule has 0 unspecified atom stereocenters. The number of nitrogens with zero attached hydrogens (tertiary/aromatic N) is 4. The number of halogens is 1. The maximum Gasteiger partial charge on any atom is 0.270 e. The highest BCUT2D eigenvalue weighted by atomic mass is 19.1. The molecule has 0 saturated carbocycles. The minimum atomic E-state index is -0.436. The summed E-state index contributed by atoms with van der Waals surface area (Å²) in [6.07, 6.45) is 7.68. The number of hydrogen-bond donors (Lipinski definition) is 1. The van der Waals surface area contributed by atoms with Crippen LogP contribution < -0.4 is 5.32 Å². The second-order valence-corrected chi connectivity index (χ2v) is 6.99. The van der Waals surface area contributed by atoms with Crippen LogP contribution in [0.2, 0.25) is 0 Å². The lowest BCUT2D eigenvalue weighted by molar-refractivity contribution is -0.127. The van der Waals surface area contributed by atoms with E-state index >= 15 is 0 Å². The van der Waals surface area contributed by atoms with E-state index in [2.05, 4.69) is 15.3 Å². The average molecular weight is 446 g/mol. The molecular weight excluding hydrogens is 413 g/mol. The summed E-state index contributed by atoms with van der Waals surface area (Å²) in [5.74, 6) is -1.08. The zero-order valence-electron chi connectivity index (χ0n) is 19.4. The summed E-state index contributed by atoms with van der Waals surface area (Å²) in [6, 6.07) is 1.34. The predicted octanol–water partition coefficient (Wildman–Crippen LogP) is 2.47. The van der Waals surface area contributed by atoms with Gasteiger partial charge >= 0.3 is 0 Å². The van der Waals surface area contributed by atoms with Gasteiger partial charge in [-0.1, -0.05) is 19.9 Å². The number of likely N-dealkylation sites (N-methyl/N-ethyl adjacent to an activating group) is 1. The molecule has 2 amide bonds. The zero-order chi connectivity index (χ0) is 24.1. The van der Waals surface area contributed by atoms with Gasteiger partial charge in [0.25, 0.3) is 5.91 Å². The van der Waals surface area contributed by atoms with Crippen LogP contribution in [0.25, 0.3) is 0 Å². The molecule has 1 aliphatic rings. The molecule has 8 nitrogen and oxygen atoms in total. The van der Waals surface area contributed by atoms with E-state index in [1.807, 2.05) is 13.8 Å². The monoisotopic (exact) mass is 445 g/mol. The van der Waals surface area contributed by atoms with Crippen molar-refractivity contribution < 1.29 is 18.8 Å². The smallest absolute Gasteiger partial charge is 0.270 e. The maximum atomic E-state index is 13.2. The largest absolute Gasteiger partial charge is 0.357 e. The number of pyridine rings is 1. The summed E-state index contributed by atoms with van der Waals surface area (Å²) < 4.78 is 13.2. The standard InChI is InChI=1S/C21H26FN5O3.C2H6/c1-4-18(12-24-10-15-8-17(22)11-23-9-15)25-19(29)13-27-7-5-6-16(14-28)20(27)21(30)26(2)3;1-2/h4,8-9,11-12,14H,5-7,10,13H2,1-3H3,(H,25,29);1-2H3/b18-4+,24-12?;. The van der Waals surface area contributed by atoms with Gasteiger partial charge in [0.05, 0.1) is 25.0 Å². The molecule has 1 aromatic heterocycles. The van der Waals surface area contributed by atoms with Crippen LogP contribution in [0, 0.1) is 5.82 Å². The number of aliphatic imine (C=N–C) groups is 1. The molecule has 0 aliphatic carbocycles. The van der Waals surface area contributed by atoms with Gasteiger partial charge in [0.15, 0.2) is 0 Å². The van der Waals surface area contributed by atoms with Crippen LogP contribution in [0.3, 0.4) is 0 Å². The van der Waals surface area contributed by atoms with Gasteiger partial charge in [-0.25, -0.2) is 4.39 Å². The van der Waals surface area contributed by atoms with Crippen molar-refractivity contribution >= 4 is 24.3 Å². The minimum absolute atomic E-state index is 0.0642. The minimum Gasteiger partial charge on any atom is -0.357 e. The van der Waals surface area contributed by atoms with E-state index in [0.29, 0.717) is 42.5 Å². The quantitative estimate of drug-likeness (QED) is 0.490. The molecule has 9 heteroatoms. The number of allylic oxidation sites excluding steroid dienone is 3. The lowest BCUT2D eigenvalue weighted by Crippen LogP contribution is -2.43. The first-order valence-corrected chi connectivity index (χ1v) is 10.6. The zero-order valence-corrected chi connectivity index (χ0v) is 19.4. The van der Waals surface area contributed by atoms with Crippen molar-refractivity contribution in [2.75, 3.05) is 27.2 Å². The lowest BCUT2D eigenvalue weighted by Gasteiger charge is -2.32. The maximum absolute atomic E-state index is 13.2. The van der Waals surface area contributed by atoms with Gasteiger partial charge in [-0.2, -0.15) is 0 Å². The van der Waals surface area contributed by atoms with Gasteiger partial charge in [-0.05, 0) is 31.4 Å². The summed E-state index contributed by atoms with van der Waals surface area (Å²) in [7, 11) is 3.21. The molecule has 0 radical (unpaired) electrons. The third-order valence-corrected chi connectivity index (χ3v) is 4.44. The van der Waals surface area contributed by atoms with Crippen molar-refractivity contribution in [1.29, 1.82) is 0 Å². The molecule has 2 rings (SSSR count). The third-order valence-electron chi connectivity index (χ3n) is 4.44. The number of carbonyl (C=O) groups is 3. The van der Waals surface area contributed by atoms with E-state index < -0.39 is 5.82 Å². The Hall–Kier alpha value is -3.36. The molecule has 174 valence electrons. The number of carbonyl (C=O) groups excluding carboxylic acids is 3. The highest BCUT2D eigenvalue weighted by molar-refractivity contribution is 5.99. The molecule has 0 bridgehead atoms. The molecular formula is C23H32FN5O3. The van der Waals surface area contributed by atoms with E-state index in [1.54, 1.807) is 32.0 Å². The van der Waals surface area contributed by atoms with Crippen molar-refractivity contribution in [3.05, 3.63) is 52.9 Å². The Balaban J connectivity index is 0.00000249. The number of rotatable bonds is 8. The highest BCUT2D eigenvalue weighted by Gasteiger charge is 2.28. The second-order valence-electron chi connectivity index (χ2n) is 6.99. The normalized spacial score (nSPS) is 14.1. The van der Waals surface area contributed by atoms with Crippen LogP contribution in [-0.2, 0) is 20.9 Å². The SMILES string of the molecule is C/C=C(\C=NCc1cncc(F)c1)NC(=O)CN1CCCC(C=O)=C1C(=O)N(C)C.CC. The number of aromatic nitrogens is 1. The topological polar surface area (TPSA) is 95.0 Å². The lowest BCUT2D eigenvalue weighted by atomic mass is 10.0. The van der Waals surface area contributed by atoms with E-state index in [1.165, 1.54) is 23.4 Å². The Morgan fingerprint density at radius 3 is 2.62 bits per heavy atom. The Morgan fingerprint density at radius 1 is 1.31 bits per heavy atom. The Labute approximate surface area is 188 Å². The number of aldehydes is 1. The third kappa shape index (κ3) is 8.05. The number of hydrogen-bond acceptors (Lipinski definition) is 6. The second kappa shape index (κ2) is 13.8. The van der Waals surface area contributed by atoms with Crippen molar-refractivity contribution in [2.45, 2.75) is 40.2 Å². The van der Waals surface area contributed by atoms with Crippen LogP contribution in [0.15, 0.2) is 46.5 Å². The molecule has 2 heterocycles. The molecule has 1 aromatic rings. The fourth-order valence-electron chi connectivity index (χ4n) is 3.00. The van der Waals surface area contributed by atoms with E-state index in [-0.39, 0.29) is 30.6 Å². The molecule has 0 saturated heterocycles. The van der Waals surface area contributed by atoms with Crippen molar-refractivity contribution in [3.63, 3.8) is 0 Å². The van der Waals surface area contributed by atoms with Gasteiger partial charge in [-0.3, -0.25) is 24.4 Å². The average Bonchev–Trinajstić information content (AvgIpc) is 2.79. The molecule has 0 spiro atoms. The Bertz CT molecular complexity index is 893. The van der Waals surface area contributed by atoms with Crippen LogP contribution in [0.1, 0.15) is 39.2 Å². The van der Waals surface area contributed by atoms with Crippen LogP contribution in [0.4, 0.5) is 4.39 Å². The molecule has 0 atom stereocenters. The Kier molecular flexibility index (Phi) is 11.5. The number of amides is 2. The van der Waals surface area contributed by atoms with Gasteiger partial charge in [-0.15, -0.1) is 0 Å². The first-order chi connectivity index (χ1) is 15.3. The van der Waals surface area contributed by atoms with Crippen LogP contribution in [0.5, 0.6) is 0 Å². The van der Waals surface area contributed by atoms with Crippen LogP contribution >= 0.6 is 0 Å². The van der Waals surface area contributed by atoms with Gasteiger partial charge < -0.3 is 15.1 Å². The van der Waals surface area contributed by atoms with Crippen molar-refractivity contribution in [3.8, 4) is 0 Å². The van der Waals surface area contributed by atoms with Gasteiger partial charge in [0.1, 0.15) is 17.8 Å². The van der Waals surface area contributed by atoms with Crippen molar-refractivity contribution in [1.82, 2.24) is 20.1 Å².